The third kappa shape index (κ3) is 4.49. The van der Waals surface area contributed by atoms with Crippen molar-refractivity contribution >= 4 is 11.7 Å². The first-order valence-electron chi connectivity index (χ1n) is 10.6. The highest BCUT2D eigenvalue weighted by Crippen LogP contribution is 2.26. The maximum atomic E-state index is 14.9. The molecule has 156 valence electrons. The van der Waals surface area contributed by atoms with Crippen LogP contribution in [0.4, 0.5) is 10.2 Å². The molecule has 1 amide bonds. The molecule has 3 aliphatic rings. The summed E-state index contributed by atoms with van der Waals surface area (Å²) in [4.78, 5) is 18.8. The summed E-state index contributed by atoms with van der Waals surface area (Å²) in [6.45, 7) is 8.26. The molecule has 3 saturated heterocycles. The smallest absolute Gasteiger partial charge is 0.230 e. The van der Waals surface area contributed by atoms with Crippen LogP contribution in [0, 0.1) is 0 Å². The highest BCUT2D eigenvalue weighted by Gasteiger charge is 2.35. The largest absolute Gasteiger partial charge is 0.359 e. The van der Waals surface area contributed by atoms with E-state index in [0.29, 0.717) is 31.2 Å². The highest BCUT2D eigenvalue weighted by molar-refractivity contribution is 5.79. The number of nitrogens with zero attached hydrogens (tertiary/aromatic N) is 4. The molecule has 1 atom stereocenters. The molecule has 0 bridgehead atoms. The summed E-state index contributed by atoms with van der Waals surface area (Å²) in [6.07, 6.45) is 3.63. The SMILES string of the molecule is CC1CCCN1C(=O)Cc1cc(N2CCN(CC3(F)CCNCC3)CC2)no1. The van der Waals surface area contributed by atoms with Crippen LogP contribution in [0.15, 0.2) is 10.6 Å². The minimum Gasteiger partial charge on any atom is -0.359 e. The van der Waals surface area contributed by atoms with E-state index in [1.165, 1.54) is 0 Å². The van der Waals surface area contributed by atoms with Gasteiger partial charge in [-0.25, -0.2) is 4.39 Å². The lowest BCUT2D eigenvalue weighted by Gasteiger charge is -2.39. The fourth-order valence-electron chi connectivity index (χ4n) is 4.66. The molecule has 4 rings (SSSR count). The second-order valence-corrected chi connectivity index (χ2v) is 8.57. The van der Waals surface area contributed by atoms with Crippen LogP contribution in [-0.4, -0.2) is 84.9 Å². The van der Waals surface area contributed by atoms with Crippen molar-refractivity contribution in [1.82, 2.24) is 20.3 Å². The molecule has 1 aromatic heterocycles. The predicted octanol–water partition coefficient (Wildman–Crippen LogP) is 1.44. The number of alkyl halides is 1. The van der Waals surface area contributed by atoms with Crippen molar-refractivity contribution in [2.75, 3.05) is 57.3 Å². The lowest BCUT2D eigenvalue weighted by Crippen LogP contribution is -2.53. The fourth-order valence-corrected chi connectivity index (χ4v) is 4.66. The summed E-state index contributed by atoms with van der Waals surface area (Å²) in [6, 6.07) is 2.21. The lowest BCUT2D eigenvalue weighted by atomic mass is 9.93. The Kier molecular flexibility index (Phi) is 5.87. The van der Waals surface area contributed by atoms with Crippen molar-refractivity contribution in [3.8, 4) is 0 Å². The Bertz CT molecular complexity index is 667. The Hall–Kier alpha value is -1.67. The van der Waals surface area contributed by atoms with Crippen molar-refractivity contribution in [2.24, 2.45) is 0 Å². The molecule has 3 fully saturated rings. The molecule has 3 aliphatic heterocycles. The van der Waals surface area contributed by atoms with E-state index >= 15 is 0 Å². The maximum absolute atomic E-state index is 14.9. The molecular weight excluding hydrogens is 361 g/mol. The van der Waals surface area contributed by atoms with Crippen LogP contribution in [-0.2, 0) is 11.2 Å². The number of nitrogens with one attached hydrogen (secondary N) is 1. The molecule has 0 radical (unpaired) electrons. The van der Waals surface area contributed by atoms with Gasteiger partial charge in [0.05, 0.1) is 6.42 Å². The quantitative estimate of drug-likeness (QED) is 0.817. The molecule has 0 aromatic carbocycles. The van der Waals surface area contributed by atoms with E-state index in [9.17, 15) is 9.18 Å². The standard InChI is InChI=1S/C20H32FN5O2/c1-16-3-2-8-26(16)19(27)14-17-13-18(23-28-17)25-11-9-24(10-12-25)15-20(21)4-6-22-7-5-20/h13,16,22H,2-12,14-15H2,1H3. The number of piperazine rings is 1. The van der Waals surface area contributed by atoms with E-state index in [1.807, 2.05) is 11.0 Å². The van der Waals surface area contributed by atoms with Gasteiger partial charge in [0, 0.05) is 51.4 Å². The summed E-state index contributed by atoms with van der Waals surface area (Å²) in [7, 11) is 0. The van der Waals surface area contributed by atoms with Gasteiger partial charge in [-0.15, -0.1) is 0 Å². The van der Waals surface area contributed by atoms with Crippen LogP contribution in [0.2, 0.25) is 0 Å². The van der Waals surface area contributed by atoms with E-state index in [1.54, 1.807) is 0 Å². The van der Waals surface area contributed by atoms with Gasteiger partial charge in [-0.1, -0.05) is 5.16 Å². The number of aromatic nitrogens is 1. The van der Waals surface area contributed by atoms with Gasteiger partial charge in [-0.2, -0.15) is 0 Å². The van der Waals surface area contributed by atoms with Gasteiger partial charge in [0.2, 0.25) is 5.91 Å². The number of amides is 1. The molecule has 1 unspecified atom stereocenters. The molecule has 7 nitrogen and oxygen atoms in total. The van der Waals surface area contributed by atoms with Crippen molar-refractivity contribution in [1.29, 1.82) is 0 Å². The summed E-state index contributed by atoms with van der Waals surface area (Å²) in [5.74, 6) is 1.53. The first-order valence-corrected chi connectivity index (χ1v) is 10.6. The van der Waals surface area contributed by atoms with E-state index in [4.69, 9.17) is 4.52 Å². The van der Waals surface area contributed by atoms with Gasteiger partial charge in [0.1, 0.15) is 11.4 Å². The Morgan fingerprint density at radius 2 is 2.04 bits per heavy atom. The predicted molar refractivity (Wildman–Crippen MR) is 105 cm³/mol. The van der Waals surface area contributed by atoms with Crippen LogP contribution in [0.1, 0.15) is 38.4 Å². The number of hydrogen-bond donors (Lipinski definition) is 1. The van der Waals surface area contributed by atoms with E-state index in [2.05, 4.69) is 27.2 Å². The first-order chi connectivity index (χ1) is 13.5. The lowest BCUT2D eigenvalue weighted by molar-refractivity contribution is -0.131. The average molecular weight is 394 g/mol. The topological polar surface area (TPSA) is 64.9 Å². The zero-order chi connectivity index (χ0) is 19.6. The number of likely N-dealkylation sites (tertiary alicyclic amines) is 1. The summed E-state index contributed by atoms with van der Waals surface area (Å²) < 4.78 is 20.3. The van der Waals surface area contributed by atoms with Gasteiger partial charge in [-0.3, -0.25) is 9.69 Å². The third-order valence-corrected chi connectivity index (χ3v) is 6.45. The van der Waals surface area contributed by atoms with Gasteiger partial charge in [0.15, 0.2) is 5.82 Å². The second kappa shape index (κ2) is 8.37. The molecule has 4 heterocycles. The summed E-state index contributed by atoms with van der Waals surface area (Å²) in [5.41, 5.74) is -1.05. The van der Waals surface area contributed by atoms with Crippen LogP contribution in [0.3, 0.4) is 0 Å². The van der Waals surface area contributed by atoms with Crippen molar-refractivity contribution < 1.29 is 13.7 Å². The normalized spacial score (nSPS) is 26.0. The molecule has 1 N–H and O–H groups in total. The number of carbonyl (C=O) groups is 1. The van der Waals surface area contributed by atoms with Gasteiger partial charge >= 0.3 is 0 Å². The number of piperidine rings is 1. The molecule has 28 heavy (non-hydrogen) atoms. The van der Waals surface area contributed by atoms with Crippen molar-refractivity contribution in [2.45, 2.75) is 50.7 Å². The number of hydrogen-bond acceptors (Lipinski definition) is 6. The number of halogens is 1. The van der Waals surface area contributed by atoms with E-state index in [-0.39, 0.29) is 12.3 Å². The molecule has 1 aromatic rings. The minimum atomic E-state index is -1.05. The van der Waals surface area contributed by atoms with Crippen LogP contribution in [0.5, 0.6) is 0 Å². The molecule has 0 aliphatic carbocycles. The summed E-state index contributed by atoms with van der Waals surface area (Å²) in [5, 5.41) is 7.40. The first kappa shape index (κ1) is 19.6. The van der Waals surface area contributed by atoms with Crippen molar-refractivity contribution in [3.63, 3.8) is 0 Å². The number of carbonyl (C=O) groups excluding carboxylic acids is 1. The Labute approximate surface area is 166 Å². The van der Waals surface area contributed by atoms with Crippen LogP contribution < -0.4 is 10.2 Å². The van der Waals surface area contributed by atoms with E-state index < -0.39 is 5.67 Å². The minimum absolute atomic E-state index is 0.118. The molecular formula is C20H32FN5O2. The van der Waals surface area contributed by atoms with Crippen LogP contribution >= 0.6 is 0 Å². The number of anilines is 1. The summed E-state index contributed by atoms with van der Waals surface area (Å²) >= 11 is 0. The molecule has 8 heteroatoms. The fraction of sp³-hybridized carbons (Fsp3) is 0.800. The third-order valence-electron chi connectivity index (χ3n) is 6.45. The Balaban J connectivity index is 1.26. The highest BCUT2D eigenvalue weighted by atomic mass is 19.1. The van der Waals surface area contributed by atoms with Gasteiger partial charge in [0.25, 0.3) is 0 Å². The molecule has 0 saturated carbocycles. The maximum Gasteiger partial charge on any atom is 0.230 e. The molecule has 0 spiro atoms. The monoisotopic (exact) mass is 393 g/mol. The zero-order valence-corrected chi connectivity index (χ0v) is 16.8. The van der Waals surface area contributed by atoms with E-state index in [0.717, 1.165) is 64.5 Å². The average Bonchev–Trinajstić information content (AvgIpc) is 3.31. The van der Waals surface area contributed by atoms with Gasteiger partial charge < -0.3 is 19.6 Å². The Morgan fingerprint density at radius 3 is 2.71 bits per heavy atom. The van der Waals surface area contributed by atoms with Gasteiger partial charge in [-0.05, 0) is 45.7 Å². The number of rotatable bonds is 5. The van der Waals surface area contributed by atoms with Crippen molar-refractivity contribution in [3.05, 3.63) is 11.8 Å². The second-order valence-electron chi connectivity index (χ2n) is 8.57. The Morgan fingerprint density at radius 1 is 1.29 bits per heavy atom. The zero-order valence-electron chi connectivity index (χ0n) is 16.8. The van der Waals surface area contributed by atoms with Crippen LogP contribution in [0.25, 0.3) is 0 Å².